The molecule has 118 valence electrons. The topological polar surface area (TPSA) is 67.4 Å². The van der Waals surface area contributed by atoms with Crippen molar-refractivity contribution in [3.05, 3.63) is 29.8 Å². The van der Waals surface area contributed by atoms with E-state index in [0.29, 0.717) is 0 Å². The zero-order valence-electron chi connectivity index (χ0n) is 12.9. The van der Waals surface area contributed by atoms with Gasteiger partial charge in [0.05, 0.1) is 13.5 Å². The highest BCUT2D eigenvalue weighted by Crippen LogP contribution is 2.58. The maximum Gasteiger partial charge on any atom is 0.309 e. The van der Waals surface area contributed by atoms with Crippen LogP contribution in [0.4, 0.5) is 5.69 Å². The molecule has 1 aliphatic carbocycles. The first kappa shape index (κ1) is 15.0. The fraction of sp³-hybridized carbons (Fsp3) is 0.529. The lowest BCUT2D eigenvalue weighted by atomic mass is 9.92. The van der Waals surface area contributed by atoms with Gasteiger partial charge in [-0.2, -0.15) is 0 Å². The standard InChI is InChI=1S/C17H22N2O3/c1-22-15(20)10-12-2-4-13(5-3-12)19-16(21)14-11-17(14)6-8-18-9-7-17/h2-5,14,18H,6-11H2,1H3,(H,19,21). The number of nitrogens with one attached hydrogen (secondary N) is 2. The highest BCUT2D eigenvalue weighted by molar-refractivity contribution is 5.95. The number of carbonyl (C=O) groups excluding carboxylic acids is 2. The van der Waals surface area contributed by atoms with Gasteiger partial charge in [0, 0.05) is 11.6 Å². The second-order valence-corrected chi connectivity index (χ2v) is 6.31. The number of hydrogen-bond acceptors (Lipinski definition) is 4. The third-order valence-electron chi connectivity index (χ3n) is 4.90. The van der Waals surface area contributed by atoms with E-state index in [2.05, 4.69) is 15.4 Å². The number of piperidine rings is 1. The first-order chi connectivity index (χ1) is 10.6. The van der Waals surface area contributed by atoms with Gasteiger partial charge in [0.15, 0.2) is 0 Å². The van der Waals surface area contributed by atoms with Gasteiger partial charge in [0.1, 0.15) is 0 Å². The molecule has 1 saturated heterocycles. The van der Waals surface area contributed by atoms with Crippen LogP contribution in [0.25, 0.3) is 0 Å². The predicted molar refractivity (Wildman–Crippen MR) is 83.4 cm³/mol. The Morgan fingerprint density at radius 1 is 1.27 bits per heavy atom. The minimum absolute atomic E-state index is 0.127. The van der Waals surface area contributed by atoms with Crippen LogP contribution in [0.2, 0.25) is 0 Å². The average Bonchev–Trinajstić information content (AvgIpc) is 3.23. The summed E-state index contributed by atoms with van der Waals surface area (Å²) in [7, 11) is 1.38. The smallest absolute Gasteiger partial charge is 0.309 e. The van der Waals surface area contributed by atoms with Crippen LogP contribution in [0.1, 0.15) is 24.8 Å². The fourth-order valence-corrected chi connectivity index (χ4v) is 3.37. The SMILES string of the molecule is COC(=O)Cc1ccc(NC(=O)C2CC23CCNCC3)cc1. The lowest BCUT2D eigenvalue weighted by molar-refractivity contribution is -0.139. The Labute approximate surface area is 130 Å². The number of hydrogen-bond donors (Lipinski definition) is 2. The summed E-state index contributed by atoms with van der Waals surface area (Å²) in [5.41, 5.74) is 1.92. The van der Waals surface area contributed by atoms with E-state index in [1.54, 1.807) is 0 Å². The zero-order chi connectivity index (χ0) is 15.6. The molecule has 1 saturated carbocycles. The maximum absolute atomic E-state index is 12.4. The maximum atomic E-state index is 12.4. The van der Waals surface area contributed by atoms with Gasteiger partial charge in [-0.25, -0.2) is 0 Å². The molecular weight excluding hydrogens is 280 g/mol. The van der Waals surface area contributed by atoms with Crippen molar-refractivity contribution in [3.8, 4) is 0 Å². The van der Waals surface area contributed by atoms with Gasteiger partial charge in [-0.05, 0) is 55.5 Å². The summed E-state index contributed by atoms with van der Waals surface area (Å²) in [6.07, 6.45) is 3.47. The first-order valence-electron chi connectivity index (χ1n) is 7.80. The second-order valence-electron chi connectivity index (χ2n) is 6.31. The molecule has 1 heterocycles. The lowest BCUT2D eigenvalue weighted by Gasteiger charge is -2.23. The Bertz CT molecular complexity index is 562. The summed E-state index contributed by atoms with van der Waals surface area (Å²) in [6, 6.07) is 7.38. The second kappa shape index (κ2) is 6.08. The summed E-state index contributed by atoms with van der Waals surface area (Å²) in [5.74, 6) is 0.0228. The number of methoxy groups -OCH3 is 1. The van der Waals surface area contributed by atoms with E-state index < -0.39 is 0 Å². The Morgan fingerprint density at radius 2 is 1.95 bits per heavy atom. The summed E-state index contributed by atoms with van der Waals surface area (Å²) in [5, 5.41) is 6.34. The van der Waals surface area contributed by atoms with Crippen molar-refractivity contribution in [2.24, 2.45) is 11.3 Å². The Kier molecular flexibility index (Phi) is 4.16. The number of benzene rings is 1. The van der Waals surface area contributed by atoms with Gasteiger partial charge < -0.3 is 15.4 Å². The first-order valence-corrected chi connectivity index (χ1v) is 7.80. The number of carbonyl (C=O) groups is 2. The van der Waals surface area contributed by atoms with Crippen molar-refractivity contribution in [2.75, 3.05) is 25.5 Å². The molecule has 2 fully saturated rings. The van der Waals surface area contributed by atoms with Gasteiger partial charge >= 0.3 is 5.97 Å². The summed E-state index contributed by atoms with van der Waals surface area (Å²) < 4.78 is 4.64. The molecule has 0 bridgehead atoms. The van der Waals surface area contributed by atoms with Crippen molar-refractivity contribution in [3.63, 3.8) is 0 Å². The number of amides is 1. The number of esters is 1. The monoisotopic (exact) mass is 302 g/mol. The van der Waals surface area contributed by atoms with Gasteiger partial charge in [-0.1, -0.05) is 12.1 Å². The van der Waals surface area contributed by atoms with Crippen LogP contribution in [0.5, 0.6) is 0 Å². The fourth-order valence-electron chi connectivity index (χ4n) is 3.37. The van der Waals surface area contributed by atoms with Gasteiger partial charge in [-0.15, -0.1) is 0 Å². The molecule has 1 aliphatic heterocycles. The molecule has 1 amide bonds. The summed E-state index contributed by atoms with van der Waals surface area (Å²) >= 11 is 0. The normalized spacial score (nSPS) is 22.1. The molecule has 5 heteroatoms. The van der Waals surface area contributed by atoms with Crippen LogP contribution < -0.4 is 10.6 Å². The molecule has 1 atom stereocenters. The molecule has 2 aliphatic rings. The van der Waals surface area contributed by atoms with Gasteiger partial charge in [0.25, 0.3) is 0 Å². The molecular formula is C17H22N2O3. The van der Waals surface area contributed by atoms with E-state index >= 15 is 0 Å². The average molecular weight is 302 g/mol. The van der Waals surface area contributed by atoms with Crippen molar-refractivity contribution in [1.82, 2.24) is 5.32 Å². The van der Waals surface area contributed by atoms with Gasteiger partial charge in [-0.3, -0.25) is 9.59 Å². The number of rotatable bonds is 4. The number of ether oxygens (including phenoxy) is 1. The van der Waals surface area contributed by atoms with Crippen LogP contribution in [-0.2, 0) is 20.7 Å². The van der Waals surface area contributed by atoms with E-state index in [1.165, 1.54) is 7.11 Å². The van der Waals surface area contributed by atoms with Crippen molar-refractivity contribution in [1.29, 1.82) is 0 Å². The summed E-state index contributed by atoms with van der Waals surface area (Å²) in [4.78, 5) is 23.6. The molecule has 1 unspecified atom stereocenters. The molecule has 5 nitrogen and oxygen atoms in total. The molecule has 1 spiro atoms. The van der Waals surface area contributed by atoms with Crippen molar-refractivity contribution in [2.45, 2.75) is 25.7 Å². The number of anilines is 1. The minimum atomic E-state index is -0.261. The molecule has 22 heavy (non-hydrogen) atoms. The van der Waals surface area contributed by atoms with Crippen LogP contribution in [-0.4, -0.2) is 32.1 Å². The highest BCUT2D eigenvalue weighted by atomic mass is 16.5. The largest absolute Gasteiger partial charge is 0.469 e. The predicted octanol–water partition coefficient (Wildman–Crippen LogP) is 1.73. The molecule has 0 radical (unpaired) electrons. The lowest BCUT2D eigenvalue weighted by Crippen LogP contribution is -2.31. The van der Waals surface area contributed by atoms with Crippen molar-refractivity contribution >= 4 is 17.6 Å². The van der Waals surface area contributed by atoms with E-state index in [1.807, 2.05) is 24.3 Å². The van der Waals surface area contributed by atoms with Gasteiger partial charge in [0.2, 0.25) is 5.91 Å². The summed E-state index contributed by atoms with van der Waals surface area (Å²) in [6.45, 7) is 2.04. The van der Waals surface area contributed by atoms with E-state index in [9.17, 15) is 9.59 Å². The van der Waals surface area contributed by atoms with Crippen LogP contribution in [0, 0.1) is 11.3 Å². The minimum Gasteiger partial charge on any atom is -0.469 e. The quantitative estimate of drug-likeness (QED) is 0.831. The molecule has 3 rings (SSSR count). The third kappa shape index (κ3) is 3.14. The third-order valence-corrected chi connectivity index (χ3v) is 4.90. The van der Waals surface area contributed by atoms with E-state index in [-0.39, 0.29) is 29.6 Å². The zero-order valence-corrected chi connectivity index (χ0v) is 12.9. The molecule has 1 aromatic carbocycles. The van der Waals surface area contributed by atoms with E-state index in [4.69, 9.17) is 0 Å². The Morgan fingerprint density at radius 3 is 2.59 bits per heavy atom. The Hall–Kier alpha value is -1.88. The molecule has 0 aromatic heterocycles. The van der Waals surface area contributed by atoms with Crippen LogP contribution in [0.3, 0.4) is 0 Å². The van der Waals surface area contributed by atoms with Crippen LogP contribution >= 0.6 is 0 Å². The van der Waals surface area contributed by atoms with Crippen LogP contribution in [0.15, 0.2) is 24.3 Å². The Balaban J connectivity index is 1.55. The molecule has 2 N–H and O–H groups in total. The molecule has 1 aromatic rings. The van der Waals surface area contributed by atoms with E-state index in [0.717, 1.165) is 43.6 Å². The van der Waals surface area contributed by atoms with Crippen molar-refractivity contribution < 1.29 is 14.3 Å². The highest BCUT2D eigenvalue weighted by Gasteiger charge is 2.57.